The summed E-state index contributed by atoms with van der Waals surface area (Å²) in [6, 6.07) is 10.1. The number of Topliss-reactive ketones (excluding diaryl/α,β-unsaturated/α-hetero) is 1. The van der Waals surface area contributed by atoms with Gasteiger partial charge in [-0.25, -0.2) is 4.98 Å². The molecule has 3 aromatic rings. The van der Waals surface area contributed by atoms with Crippen molar-refractivity contribution >= 4 is 23.0 Å². The van der Waals surface area contributed by atoms with Crippen LogP contribution < -0.4 is 10.1 Å². The molecule has 2 N–H and O–H groups in total. The number of imidazole rings is 1. The molecule has 0 unspecified atom stereocenters. The zero-order valence-corrected chi connectivity index (χ0v) is 13.6. The molecule has 0 aliphatic rings. The first kappa shape index (κ1) is 16.7. The van der Waals surface area contributed by atoms with Gasteiger partial charge in [-0.3, -0.25) is 9.59 Å². The van der Waals surface area contributed by atoms with Gasteiger partial charge < -0.3 is 19.6 Å². The summed E-state index contributed by atoms with van der Waals surface area (Å²) in [6.07, 6.45) is 3.33. The van der Waals surface area contributed by atoms with E-state index in [1.807, 2.05) is 0 Å². The monoisotopic (exact) mass is 339 g/mol. The highest BCUT2D eigenvalue weighted by Gasteiger charge is 2.09. The Kier molecular flexibility index (Phi) is 4.76. The molecule has 0 saturated carbocycles. The van der Waals surface area contributed by atoms with E-state index in [0.29, 0.717) is 28.3 Å². The van der Waals surface area contributed by atoms with E-state index in [-0.39, 0.29) is 24.9 Å². The highest BCUT2D eigenvalue weighted by molar-refractivity contribution is 6.04. The van der Waals surface area contributed by atoms with Crippen LogP contribution in [0.15, 0.2) is 48.8 Å². The highest BCUT2D eigenvalue weighted by atomic mass is 16.5. The number of hydrogen-bond acceptors (Lipinski definition) is 5. The van der Waals surface area contributed by atoms with Crippen LogP contribution in [0.3, 0.4) is 0 Å². The van der Waals surface area contributed by atoms with E-state index in [1.54, 1.807) is 53.2 Å². The Bertz CT molecular complexity index is 916. The smallest absolute Gasteiger partial charge is 0.255 e. The van der Waals surface area contributed by atoms with Crippen LogP contribution in [0, 0.1) is 0 Å². The first-order valence-electron chi connectivity index (χ1n) is 7.71. The van der Waals surface area contributed by atoms with Crippen LogP contribution in [0.1, 0.15) is 27.8 Å². The minimum Gasteiger partial charge on any atom is -0.491 e. The van der Waals surface area contributed by atoms with Crippen LogP contribution in [0.25, 0.3) is 5.65 Å². The summed E-state index contributed by atoms with van der Waals surface area (Å²) in [4.78, 5) is 27.9. The number of aromatic nitrogens is 2. The topological polar surface area (TPSA) is 92.9 Å². The number of nitrogens with zero attached hydrogens (tertiary/aromatic N) is 2. The fourth-order valence-corrected chi connectivity index (χ4v) is 2.30. The van der Waals surface area contributed by atoms with Crippen LogP contribution >= 0.6 is 0 Å². The maximum atomic E-state index is 12.3. The predicted octanol–water partition coefficient (Wildman–Crippen LogP) is 2.16. The summed E-state index contributed by atoms with van der Waals surface area (Å²) in [5.41, 5.74) is 2.08. The molecule has 1 aromatic carbocycles. The number of ether oxygens (including phenoxy) is 1. The van der Waals surface area contributed by atoms with Gasteiger partial charge in [-0.05, 0) is 36.4 Å². The molecule has 25 heavy (non-hydrogen) atoms. The first-order chi connectivity index (χ1) is 12.1. The van der Waals surface area contributed by atoms with Crippen molar-refractivity contribution in [2.75, 3.05) is 18.5 Å². The molecule has 0 aliphatic heterocycles. The lowest BCUT2D eigenvalue weighted by Crippen LogP contribution is -2.12. The third-order valence-corrected chi connectivity index (χ3v) is 3.55. The number of nitrogens with one attached hydrogen (secondary N) is 1. The highest BCUT2D eigenvalue weighted by Crippen LogP contribution is 2.16. The maximum absolute atomic E-state index is 12.3. The first-order valence-corrected chi connectivity index (χ1v) is 7.71. The molecule has 1 amide bonds. The average Bonchev–Trinajstić information content (AvgIpc) is 3.04. The van der Waals surface area contributed by atoms with Gasteiger partial charge >= 0.3 is 0 Å². The minimum absolute atomic E-state index is 0.0652. The molecule has 0 saturated heterocycles. The standard InChI is InChI=1S/C18H17N3O4/c1-12(23)16-11-21-10-14(4-7-17(21)20-16)19-18(24)13-2-5-15(6-3-13)25-9-8-22/h2-7,10-11,22H,8-9H2,1H3,(H,19,24). The number of amides is 1. The quantitative estimate of drug-likeness (QED) is 0.671. The van der Waals surface area contributed by atoms with Crippen molar-refractivity contribution in [3.8, 4) is 5.75 Å². The van der Waals surface area contributed by atoms with Crippen molar-refractivity contribution in [1.82, 2.24) is 9.38 Å². The van der Waals surface area contributed by atoms with E-state index in [1.165, 1.54) is 6.92 Å². The van der Waals surface area contributed by atoms with Gasteiger partial charge in [0.05, 0.1) is 12.3 Å². The second-order valence-electron chi connectivity index (χ2n) is 5.42. The molecular formula is C18H17N3O4. The van der Waals surface area contributed by atoms with Crippen molar-refractivity contribution in [3.05, 3.63) is 60.0 Å². The van der Waals surface area contributed by atoms with Crippen molar-refractivity contribution in [3.63, 3.8) is 0 Å². The summed E-state index contributed by atoms with van der Waals surface area (Å²) in [5.74, 6) is 0.208. The molecule has 0 bridgehead atoms. The van der Waals surface area contributed by atoms with E-state index < -0.39 is 0 Å². The number of benzene rings is 1. The number of carbonyl (C=O) groups excluding carboxylic acids is 2. The lowest BCUT2D eigenvalue weighted by Gasteiger charge is -2.07. The number of anilines is 1. The van der Waals surface area contributed by atoms with Crippen LogP contribution in [0.2, 0.25) is 0 Å². The lowest BCUT2D eigenvalue weighted by molar-refractivity contribution is 0.100. The number of pyridine rings is 1. The van der Waals surface area contributed by atoms with Gasteiger partial charge in [0.2, 0.25) is 0 Å². The number of hydrogen-bond donors (Lipinski definition) is 2. The Labute approximate surface area is 143 Å². The molecule has 7 heteroatoms. The summed E-state index contributed by atoms with van der Waals surface area (Å²) in [7, 11) is 0. The van der Waals surface area contributed by atoms with E-state index in [4.69, 9.17) is 9.84 Å². The summed E-state index contributed by atoms with van der Waals surface area (Å²) in [5, 5.41) is 11.5. The van der Waals surface area contributed by atoms with Crippen LogP contribution in [0.4, 0.5) is 5.69 Å². The number of carbonyl (C=O) groups is 2. The number of aliphatic hydroxyl groups is 1. The molecule has 128 valence electrons. The second kappa shape index (κ2) is 7.14. The molecular weight excluding hydrogens is 322 g/mol. The number of fused-ring (bicyclic) bond motifs is 1. The molecule has 0 radical (unpaired) electrons. The van der Waals surface area contributed by atoms with Gasteiger partial charge in [0, 0.05) is 24.9 Å². The summed E-state index contributed by atoms with van der Waals surface area (Å²) >= 11 is 0. The Morgan fingerprint density at radius 3 is 2.60 bits per heavy atom. The van der Waals surface area contributed by atoms with E-state index >= 15 is 0 Å². The maximum Gasteiger partial charge on any atom is 0.255 e. The van der Waals surface area contributed by atoms with Crippen molar-refractivity contribution < 1.29 is 19.4 Å². The summed E-state index contributed by atoms with van der Waals surface area (Å²) < 4.78 is 6.95. The van der Waals surface area contributed by atoms with Crippen molar-refractivity contribution in [1.29, 1.82) is 0 Å². The molecule has 3 rings (SSSR count). The summed E-state index contributed by atoms with van der Waals surface area (Å²) in [6.45, 7) is 1.60. The van der Waals surface area contributed by atoms with Crippen molar-refractivity contribution in [2.24, 2.45) is 0 Å². The number of ketones is 1. The van der Waals surface area contributed by atoms with Gasteiger partial charge in [-0.2, -0.15) is 0 Å². The van der Waals surface area contributed by atoms with E-state index in [0.717, 1.165) is 0 Å². The Hall–Kier alpha value is -3.19. The van der Waals surface area contributed by atoms with Gasteiger partial charge in [-0.15, -0.1) is 0 Å². The van der Waals surface area contributed by atoms with Gasteiger partial charge in [-0.1, -0.05) is 0 Å². The number of rotatable bonds is 6. The fraction of sp³-hybridized carbons (Fsp3) is 0.167. The predicted molar refractivity (Wildman–Crippen MR) is 92.2 cm³/mol. The zero-order valence-electron chi connectivity index (χ0n) is 13.6. The van der Waals surface area contributed by atoms with Gasteiger partial charge in [0.1, 0.15) is 23.7 Å². The Morgan fingerprint density at radius 2 is 1.92 bits per heavy atom. The van der Waals surface area contributed by atoms with Crippen LogP contribution in [0.5, 0.6) is 5.75 Å². The van der Waals surface area contributed by atoms with Crippen molar-refractivity contribution in [2.45, 2.75) is 6.92 Å². The van der Waals surface area contributed by atoms with Gasteiger partial charge in [0.25, 0.3) is 5.91 Å². The average molecular weight is 339 g/mol. The molecule has 2 heterocycles. The third kappa shape index (κ3) is 3.84. The third-order valence-electron chi connectivity index (χ3n) is 3.55. The Morgan fingerprint density at radius 1 is 1.16 bits per heavy atom. The van der Waals surface area contributed by atoms with E-state index in [9.17, 15) is 9.59 Å². The lowest BCUT2D eigenvalue weighted by atomic mass is 10.2. The fourth-order valence-electron chi connectivity index (χ4n) is 2.30. The van der Waals surface area contributed by atoms with Crippen LogP contribution in [-0.2, 0) is 0 Å². The molecule has 2 aromatic heterocycles. The van der Waals surface area contributed by atoms with Gasteiger partial charge in [0.15, 0.2) is 5.78 Å². The zero-order chi connectivity index (χ0) is 17.8. The number of aliphatic hydroxyl groups excluding tert-OH is 1. The molecule has 0 spiro atoms. The normalized spacial score (nSPS) is 10.6. The molecule has 7 nitrogen and oxygen atoms in total. The van der Waals surface area contributed by atoms with E-state index in [2.05, 4.69) is 10.3 Å². The minimum atomic E-state index is -0.264. The largest absolute Gasteiger partial charge is 0.491 e. The molecule has 0 fully saturated rings. The molecule has 0 aliphatic carbocycles. The Balaban J connectivity index is 1.73. The SMILES string of the molecule is CC(=O)c1cn2cc(NC(=O)c3ccc(OCCO)cc3)ccc2n1. The van der Waals surface area contributed by atoms with Crippen LogP contribution in [-0.4, -0.2) is 39.4 Å². The second-order valence-corrected chi connectivity index (χ2v) is 5.42. The molecule has 0 atom stereocenters.